The first-order valence-electron chi connectivity index (χ1n) is 9.78. The maximum absolute atomic E-state index is 12.4. The van der Waals surface area contributed by atoms with Crippen LogP contribution < -0.4 is 10.6 Å². The fourth-order valence-electron chi connectivity index (χ4n) is 4.04. The molecule has 0 spiro atoms. The molecular formula is C22H17ClIN7O. The van der Waals surface area contributed by atoms with Gasteiger partial charge in [0, 0.05) is 5.56 Å². The smallest absolute Gasteiger partial charge is 0.164 e. The molecule has 2 aromatic carbocycles. The number of hydrogen-bond acceptors (Lipinski definition) is 7. The number of benzene rings is 2. The molecule has 0 saturated heterocycles. The van der Waals surface area contributed by atoms with E-state index in [1.807, 2.05) is 48.2 Å². The molecule has 1 aliphatic rings. The van der Waals surface area contributed by atoms with Gasteiger partial charge in [-0.15, -0.1) is 0 Å². The van der Waals surface area contributed by atoms with Gasteiger partial charge in [0.1, 0.15) is 40.6 Å². The van der Waals surface area contributed by atoms with Crippen LogP contribution in [0.5, 0.6) is 0 Å². The van der Waals surface area contributed by atoms with Gasteiger partial charge in [0.2, 0.25) is 0 Å². The molecule has 2 N–H and O–H groups in total. The standard InChI is InChI=1S/C22H17ClIN7O/c1-12-5-4-7-14-18(12)16(10-32)31(15-8-3-2-6-13(15)23)17(28-14)9-30-22-19(20(24)29-30)21(25)26-11-27-22/h2-8,10-11,16H,9H2,1H3,(H2,25,26,27). The molecular weight excluding hydrogens is 541 g/mol. The Bertz CT molecular complexity index is 1400. The topological polar surface area (TPSA) is 102 Å². The zero-order chi connectivity index (χ0) is 22.4. The largest absolute Gasteiger partial charge is 0.383 e. The van der Waals surface area contributed by atoms with Crippen molar-refractivity contribution in [3.8, 4) is 0 Å². The molecule has 1 unspecified atom stereocenters. The van der Waals surface area contributed by atoms with Crippen molar-refractivity contribution in [3.63, 3.8) is 0 Å². The van der Waals surface area contributed by atoms with E-state index in [-0.39, 0.29) is 6.54 Å². The number of fused-ring (bicyclic) bond motifs is 2. The first-order chi connectivity index (χ1) is 15.5. The average Bonchev–Trinajstić information content (AvgIpc) is 3.10. The van der Waals surface area contributed by atoms with Gasteiger partial charge in [-0.2, -0.15) is 5.10 Å². The molecule has 4 aromatic rings. The third kappa shape index (κ3) is 3.32. The maximum atomic E-state index is 12.4. The SMILES string of the molecule is Cc1cccc2c1C(C=O)N(c1ccccc1Cl)C(Cn1nc(I)c3c(N)ncnc31)=N2. The van der Waals surface area contributed by atoms with Gasteiger partial charge < -0.3 is 15.4 Å². The lowest BCUT2D eigenvalue weighted by Gasteiger charge is -2.36. The van der Waals surface area contributed by atoms with Crippen molar-refractivity contribution in [1.29, 1.82) is 0 Å². The Morgan fingerprint density at radius 2 is 2.00 bits per heavy atom. The summed E-state index contributed by atoms with van der Waals surface area (Å²) >= 11 is 8.68. The zero-order valence-corrected chi connectivity index (χ0v) is 19.8. The van der Waals surface area contributed by atoms with Crippen LogP contribution in [-0.2, 0) is 11.3 Å². The number of amidine groups is 1. The molecule has 0 amide bonds. The zero-order valence-electron chi connectivity index (χ0n) is 16.9. The van der Waals surface area contributed by atoms with Crippen molar-refractivity contribution < 1.29 is 4.79 Å². The number of hydrogen-bond donors (Lipinski definition) is 1. The van der Waals surface area contributed by atoms with Gasteiger partial charge in [-0.3, -0.25) is 0 Å². The van der Waals surface area contributed by atoms with Crippen LogP contribution in [-0.4, -0.2) is 31.9 Å². The fraction of sp³-hybridized carbons (Fsp3) is 0.136. The minimum atomic E-state index is -0.584. The molecule has 2 aromatic heterocycles. The number of nitrogen functional groups attached to an aromatic ring is 1. The molecule has 0 aliphatic carbocycles. The highest BCUT2D eigenvalue weighted by Gasteiger charge is 2.33. The van der Waals surface area contributed by atoms with Crippen LogP contribution in [0.2, 0.25) is 5.02 Å². The van der Waals surface area contributed by atoms with Crippen LogP contribution >= 0.6 is 34.2 Å². The number of rotatable bonds is 4. The van der Waals surface area contributed by atoms with Crippen LogP contribution in [0.1, 0.15) is 17.2 Å². The fourth-order valence-corrected chi connectivity index (χ4v) is 5.04. The number of nitrogens with zero attached hydrogens (tertiary/aromatic N) is 6. The van der Waals surface area contributed by atoms with Gasteiger partial charge in [-0.1, -0.05) is 35.9 Å². The van der Waals surface area contributed by atoms with Gasteiger partial charge in [-0.25, -0.2) is 19.6 Å². The van der Waals surface area contributed by atoms with Crippen molar-refractivity contribution in [2.24, 2.45) is 4.99 Å². The van der Waals surface area contributed by atoms with Gasteiger partial charge in [0.15, 0.2) is 5.65 Å². The van der Waals surface area contributed by atoms with Gasteiger partial charge in [0.25, 0.3) is 0 Å². The van der Waals surface area contributed by atoms with Crippen molar-refractivity contribution in [1.82, 2.24) is 19.7 Å². The van der Waals surface area contributed by atoms with E-state index >= 15 is 0 Å². The van der Waals surface area contributed by atoms with E-state index in [4.69, 9.17) is 22.3 Å². The molecule has 1 atom stereocenters. The van der Waals surface area contributed by atoms with Crippen molar-refractivity contribution in [2.45, 2.75) is 19.5 Å². The van der Waals surface area contributed by atoms with E-state index in [1.165, 1.54) is 6.33 Å². The Labute approximate surface area is 202 Å². The van der Waals surface area contributed by atoms with E-state index in [1.54, 1.807) is 10.7 Å². The highest BCUT2D eigenvalue weighted by Crippen LogP contribution is 2.41. The number of anilines is 2. The number of carbonyl (C=O) groups is 1. The van der Waals surface area contributed by atoms with E-state index < -0.39 is 6.04 Å². The number of para-hydroxylation sites is 1. The highest BCUT2D eigenvalue weighted by molar-refractivity contribution is 14.1. The summed E-state index contributed by atoms with van der Waals surface area (Å²) in [7, 11) is 0. The number of aromatic nitrogens is 4. The van der Waals surface area contributed by atoms with Crippen LogP contribution in [0.25, 0.3) is 11.0 Å². The average molecular weight is 558 g/mol. The number of aldehydes is 1. The molecule has 0 radical (unpaired) electrons. The lowest BCUT2D eigenvalue weighted by molar-refractivity contribution is -0.108. The summed E-state index contributed by atoms with van der Waals surface area (Å²) in [6.07, 6.45) is 2.34. The minimum absolute atomic E-state index is 0.263. The van der Waals surface area contributed by atoms with Crippen LogP contribution in [0.4, 0.5) is 17.2 Å². The summed E-state index contributed by atoms with van der Waals surface area (Å²) in [6.45, 7) is 2.24. The predicted octanol–water partition coefficient (Wildman–Crippen LogP) is 4.47. The minimum Gasteiger partial charge on any atom is -0.383 e. The first-order valence-corrected chi connectivity index (χ1v) is 11.2. The molecule has 10 heteroatoms. The lowest BCUT2D eigenvalue weighted by Crippen LogP contribution is -2.41. The summed E-state index contributed by atoms with van der Waals surface area (Å²) < 4.78 is 2.42. The second-order valence-electron chi connectivity index (χ2n) is 7.34. The van der Waals surface area contributed by atoms with Crippen molar-refractivity contribution >= 4 is 74.5 Å². The molecule has 8 nitrogen and oxygen atoms in total. The molecule has 0 bridgehead atoms. The predicted molar refractivity (Wildman–Crippen MR) is 133 cm³/mol. The number of nitrogens with two attached hydrogens (primary N) is 1. The summed E-state index contributed by atoms with van der Waals surface area (Å²) in [4.78, 5) is 27.7. The maximum Gasteiger partial charge on any atom is 0.164 e. The summed E-state index contributed by atoms with van der Waals surface area (Å²) in [6, 6.07) is 12.6. The number of halogens is 2. The Morgan fingerprint density at radius 1 is 1.19 bits per heavy atom. The third-order valence-corrected chi connectivity index (χ3v) is 6.53. The van der Waals surface area contributed by atoms with E-state index in [0.717, 1.165) is 23.1 Å². The van der Waals surface area contributed by atoms with E-state index in [0.29, 0.717) is 37.1 Å². The molecule has 0 fully saturated rings. The first kappa shape index (κ1) is 20.8. The molecule has 160 valence electrons. The van der Waals surface area contributed by atoms with Crippen LogP contribution in [0.3, 0.4) is 0 Å². The summed E-state index contributed by atoms with van der Waals surface area (Å²) in [5.74, 6) is 0.984. The molecule has 0 saturated carbocycles. The quantitative estimate of drug-likeness (QED) is 0.294. The Hall–Kier alpha value is -3.05. The monoisotopic (exact) mass is 557 g/mol. The number of carbonyl (C=O) groups excluding carboxylic acids is 1. The molecule has 32 heavy (non-hydrogen) atoms. The Kier molecular flexibility index (Phi) is 5.30. The molecule has 1 aliphatic heterocycles. The Morgan fingerprint density at radius 3 is 2.78 bits per heavy atom. The van der Waals surface area contributed by atoms with Gasteiger partial charge in [-0.05, 0) is 53.3 Å². The Balaban J connectivity index is 1.72. The summed E-state index contributed by atoms with van der Waals surface area (Å²) in [5.41, 5.74) is 9.94. The number of aryl methyl sites for hydroxylation is 1. The van der Waals surface area contributed by atoms with Gasteiger partial charge >= 0.3 is 0 Å². The molecule has 3 heterocycles. The second-order valence-corrected chi connectivity index (χ2v) is 8.77. The van der Waals surface area contributed by atoms with Crippen molar-refractivity contribution in [2.75, 3.05) is 10.6 Å². The highest BCUT2D eigenvalue weighted by atomic mass is 127. The normalized spacial score (nSPS) is 15.5. The van der Waals surface area contributed by atoms with Crippen LogP contribution in [0, 0.1) is 10.6 Å². The van der Waals surface area contributed by atoms with Crippen LogP contribution in [0.15, 0.2) is 53.8 Å². The van der Waals surface area contributed by atoms with E-state index in [9.17, 15) is 4.79 Å². The summed E-state index contributed by atoms with van der Waals surface area (Å²) in [5, 5.41) is 5.83. The van der Waals surface area contributed by atoms with Gasteiger partial charge in [0.05, 0.1) is 21.8 Å². The number of aliphatic imine (C=N–C) groups is 1. The lowest BCUT2D eigenvalue weighted by atomic mass is 9.96. The van der Waals surface area contributed by atoms with E-state index in [2.05, 4.69) is 37.7 Å². The molecule has 5 rings (SSSR count). The third-order valence-electron chi connectivity index (χ3n) is 5.45. The second kappa shape index (κ2) is 8.14. The van der Waals surface area contributed by atoms with Crippen molar-refractivity contribution in [3.05, 3.63) is 68.6 Å².